The summed E-state index contributed by atoms with van der Waals surface area (Å²) >= 11 is 0. The lowest BCUT2D eigenvalue weighted by Gasteiger charge is -2.38. The first-order chi connectivity index (χ1) is 12.6. The van der Waals surface area contributed by atoms with Crippen LogP contribution in [-0.4, -0.2) is 20.7 Å². The Morgan fingerprint density at radius 3 is 2.11 bits per heavy atom. The van der Waals surface area contributed by atoms with E-state index >= 15 is 0 Å². The van der Waals surface area contributed by atoms with E-state index < -0.39 is 16.1 Å². The summed E-state index contributed by atoms with van der Waals surface area (Å²) in [4.78, 5) is 0. The van der Waals surface area contributed by atoms with Crippen molar-refractivity contribution in [2.45, 2.75) is 58.4 Å². The van der Waals surface area contributed by atoms with Gasteiger partial charge in [-0.2, -0.15) is 0 Å². The average molecular weight is 392 g/mol. The van der Waals surface area contributed by atoms with Crippen LogP contribution < -0.4 is 15.6 Å². The van der Waals surface area contributed by atoms with Crippen LogP contribution in [0.1, 0.15) is 27.7 Å². The number of fused-ring (bicyclic) bond motifs is 5. The van der Waals surface area contributed by atoms with Crippen molar-refractivity contribution in [3.8, 4) is 11.3 Å². The minimum atomic E-state index is -1.86. The Morgan fingerprint density at radius 1 is 0.889 bits per heavy atom. The van der Waals surface area contributed by atoms with E-state index in [1.807, 2.05) is 0 Å². The Morgan fingerprint density at radius 2 is 1.52 bits per heavy atom. The molecule has 27 heavy (non-hydrogen) atoms. The van der Waals surface area contributed by atoms with E-state index in [0.717, 1.165) is 0 Å². The van der Waals surface area contributed by atoms with Gasteiger partial charge in [0.05, 0.1) is 8.07 Å². The van der Waals surface area contributed by atoms with Crippen molar-refractivity contribution in [3.05, 3.63) is 42.5 Å². The first-order valence-corrected chi connectivity index (χ1v) is 16.0. The largest absolute Gasteiger partial charge is 0.344 e. The van der Waals surface area contributed by atoms with E-state index in [9.17, 15) is 0 Å². The van der Waals surface area contributed by atoms with Crippen molar-refractivity contribution in [2.24, 2.45) is 7.05 Å². The van der Waals surface area contributed by atoms with Gasteiger partial charge in [0.25, 0.3) is 0 Å². The van der Waals surface area contributed by atoms with Crippen LogP contribution in [0.2, 0.25) is 30.7 Å². The van der Waals surface area contributed by atoms with E-state index in [2.05, 4.69) is 101 Å². The van der Waals surface area contributed by atoms with Crippen LogP contribution in [0.25, 0.3) is 22.2 Å². The molecule has 1 aliphatic heterocycles. The van der Waals surface area contributed by atoms with Crippen LogP contribution in [0.5, 0.6) is 0 Å². The Balaban J connectivity index is 2.20. The van der Waals surface area contributed by atoms with Gasteiger partial charge in [0.2, 0.25) is 0 Å². The summed E-state index contributed by atoms with van der Waals surface area (Å²) in [6.45, 7) is 17.3. The number of para-hydroxylation sites is 1. The Hall–Kier alpha value is -1.59. The second-order valence-corrected chi connectivity index (χ2v) is 20.2. The Labute approximate surface area is 166 Å². The van der Waals surface area contributed by atoms with Gasteiger partial charge in [0.15, 0.2) is 0 Å². The number of hydrogen-bond donors (Lipinski definition) is 0. The average Bonchev–Trinajstić information content (AvgIpc) is 3.06. The van der Waals surface area contributed by atoms with Gasteiger partial charge in [-0.1, -0.05) is 88.9 Å². The third-order valence-corrected chi connectivity index (χ3v) is 15.3. The first-order valence-electron chi connectivity index (χ1n) is 10.3. The van der Waals surface area contributed by atoms with Gasteiger partial charge in [-0.05, 0) is 38.5 Å². The van der Waals surface area contributed by atoms with Crippen molar-refractivity contribution in [1.82, 2.24) is 4.57 Å². The number of aromatic nitrogens is 1. The fourth-order valence-electron chi connectivity index (χ4n) is 5.70. The van der Waals surface area contributed by atoms with Crippen molar-refractivity contribution in [3.63, 3.8) is 0 Å². The number of benzene rings is 2. The fourth-order valence-corrected chi connectivity index (χ4v) is 13.2. The molecular weight excluding hydrogens is 358 g/mol. The highest BCUT2D eigenvalue weighted by atomic mass is 28.3. The van der Waals surface area contributed by atoms with Crippen molar-refractivity contribution >= 4 is 42.6 Å². The van der Waals surface area contributed by atoms with Crippen molar-refractivity contribution in [1.29, 1.82) is 0 Å². The lowest BCUT2D eigenvalue weighted by molar-refractivity contribution is 0.930. The molecule has 1 aromatic heterocycles. The zero-order valence-corrected chi connectivity index (χ0v) is 20.1. The SMILES string of the molecule is CC(C)[Si]1(C(C)C)c2ccc([Si](C)(C)C)cc2-c2c1c1ccccc1n2C. The highest BCUT2D eigenvalue weighted by molar-refractivity contribution is 7.08. The van der Waals surface area contributed by atoms with E-state index in [4.69, 9.17) is 0 Å². The van der Waals surface area contributed by atoms with E-state index in [1.165, 1.54) is 22.2 Å². The molecular formula is C24H33NSi2. The summed E-state index contributed by atoms with van der Waals surface area (Å²) in [6, 6.07) is 16.6. The lowest BCUT2D eigenvalue weighted by atomic mass is 10.1. The minimum Gasteiger partial charge on any atom is -0.344 e. The molecule has 0 bridgehead atoms. The monoisotopic (exact) mass is 391 g/mol. The molecule has 0 unspecified atom stereocenters. The van der Waals surface area contributed by atoms with E-state index in [1.54, 1.807) is 15.6 Å². The molecule has 0 fully saturated rings. The summed E-state index contributed by atoms with van der Waals surface area (Å²) in [7, 11) is -0.933. The molecule has 1 aliphatic rings. The van der Waals surface area contributed by atoms with Crippen LogP contribution in [0.3, 0.4) is 0 Å². The molecule has 2 aromatic carbocycles. The predicted molar refractivity (Wildman–Crippen MR) is 127 cm³/mol. The Kier molecular flexibility index (Phi) is 4.14. The zero-order valence-electron chi connectivity index (χ0n) is 18.1. The molecule has 3 heteroatoms. The van der Waals surface area contributed by atoms with Crippen LogP contribution in [0, 0.1) is 0 Å². The molecule has 0 saturated carbocycles. The molecule has 3 aromatic rings. The van der Waals surface area contributed by atoms with Crippen LogP contribution >= 0.6 is 0 Å². The summed E-state index contributed by atoms with van der Waals surface area (Å²) in [5.74, 6) is 0. The zero-order chi connectivity index (χ0) is 19.7. The molecule has 142 valence electrons. The summed E-state index contributed by atoms with van der Waals surface area (Å²) in [5.41, 5.74) is 5.81. The third-order valence-electron chi connectivity index (χ3n) is 6.93. The number of rotatable bonds is 3. The molecule has 0 N–H and O–H groups in total. The topological polar surface area (TPSA) is 4.93 Å². The summed E-state index contributed by atoms with van der Waals surface area (Å²) in [6.07, 6.45) is 0. The van der Waals surface area contributed by atoms with E-state index in [0.29, 0.717) is 11.1 Å². The maximum Gasteiger partial charge on any atom is 0.127 e. The number of nitrogens with zero attached hydrogens (tertiary/aromatic N) is 1. The fraction of sp³-hybridized carbons (Fsp3) is 0.417. The second kappa shape index (κ2) is 5.95. The molecule has 0 radical (unpaired) electrons. The number of hydrogen-bond acceptors (Lipinski definition) is 0. The standard InChI is InChI=1S/C24H33NSi2/c1-16(2)27(17(3)4)22-14-13-18(26(6,7)8)15-20(22)23-24(27)19-11-9-10-12-21(19)25(23)5/h9-17H,1-8H3. The Bertz CT molecular complexity index is 1030. The van der Waals surface area contributed by atoms with Crippen molar-refractivity contribution < 1.29 is 0 Å². The molecule has 0 spiro atoms. The normalized spacial score (nSPS) is 15.6. The highest BCUT2D eigenvalue weighted by Crippen LogP contribution is 2.43. The lowest BCUT2D eigenvalue weighted by Crippen LogP contribution is -2.60. The summed E-state index contributed by atoms with van der Waals surface area (Å²) < 4.78 is 2.48. The van der Waals surface area contributed by atoms with Gasteiger partial charge in [-0.3, -0.25) is 0 Å². The van der Waals surface area contributed by atoms with Gasteiger partial charge in [-0.25, -0.2) is 0 Å². The quantitative estimate of drug-likeness (QED) is 0.548. The maximum atomic E-state index is 2.57. The molecule has 2 heterocycles. The van der Waals surface area contributed by atoms with Gasteiger partial charge in [0.1, 0.15) is 8.07 Å². The number of aryl methyl sites for hydroxylation is 1. The van der Waals surface area contributed by atoms with Gasteiger partial charge >= 0.3 is 0 Å². The van der Waals surface area contributed by atoms with Crippen LogP contribution in [0.4, 0.5) is 0 Å². The smallest absolute Gasteiger partial charge is 0.127 e. The maximum absolute atomic E-state index is 2.57. The highest BCUT2D eigenvalue weighted by Gasteiger charge is 2.52. The molecule has 4 rings (SSSR count). The second-order valence-electron chi connectivity index (χ2n) is 9.99. The van der Waals surface area contributed by atoms with Crippen LogP contribution in [-0.2, 0) is 7.05 Å². The molecule has 0 saturated heterocycles. The molecule has 0 amide bonds. The minimum absolute atomic E-state index is 0.682. The summed E-state index contributed by atoms with van der Waals surface area (Å²) in [5, 5.41) is 6.46. The molecule has 1 nitrogen and oxygen atoms in total. The van der Waals surface area contributed by atoms with Gasteiger partial charge < -0.3 is 4.57 Å². The van der Waals surface area contributed by atoms with Crippen molar-refractivity contribution in [2.75, 3.05) is 0 Å². The third kappa shape index (κ3) is 2.34. The van der Waals surface area contributed by atoms with Gasteiger partial charge in [-0.15, -0.1) is 0 Å². The predicted octanol–water partition coefficient (Wildman–Crippen LogP) is 5.09. The van der Waals surface area contributed by atoms with E-state index in [-0.39, 0.29) is 0 Å². The van der Waals surface area contributed by atoms with Crippen LogP contribution in [0.15, 0.2) is 42.5 Å². The first kappa shape index (κ1) is 18.8. The van der Waals surface area contributed by atoms with Gasteiger partial charge in [0, 0.05) is 18.3 Å². The molecule has 0 atom stereocenters. The molecule has 0 aliphatic carbocycles.